The summed E-state index contributed by atoms with van der Waals surface area (Å²) in [6.45, 7) is 5.65. The molecule has 1 amide bonds. The molecule has 140 valence electrons. The van der Waals surface area contributed by atoms with E-state index in [1.807, 2.05) is 37.4 Å². The van der Waals surface area contributed by atoms with Gasteiger partial charge in [-0.15, -0.1) is 11.3 Å². The molecule has 4 nitrogen and oxygen atoms in total. The lowest BCUT2D eigenvalue weighted by molar-refractivity contribution is -0.115. The topological polar surface area (TPSA) is 42.4 Å². The summed E-state index contributed by atoms with van der Waals surface area (Å²) >= 11 is 4.56. The molecule has 0 saturated carbocycles. The van der Waals surface area contributed by atoms with E-state index in [4.69, 9.17) is 4.74 Å². The summed E-state index contributed by atoms with van der Waals surface area (Å²) in [5.41, 5.74) is 3.66. The highest BCUT2D eigenvalue weighted by atomic mass is 79.9. The Kier molecular flexibility index (Phi) is 5.92. The van der Waals surface area contributed by atoms with Crippen molar-refractivity contribution in [2.75, 3.05) is 4.90 Å². The molecule has 3 aromatic rings. The fourth-order valence-corrected chi connectivity index (χ4v) is 3.71. The van der Waals surface area contributed by atoms with Crippen LogP contribution in [0.3, 0.4) is 0 Å². The van der Waals surface area contributed by atoms with Crippen molar-refractivity contribution < 1.29 is 13.9 Å². The number of halogens is 2. The number of amides is 1. The fourth-order valence-electron chi connectivity index (χ4n) is 2.50. The number of carbonyl (C=O) groups is 1. The van der Waals surface area contributed by atoms with Crippen LogP contribution in [0.15, 0.2) is 46.3 Å². The van der Waals surface area contributed by atoms with Crippen molar-refractivity contribution >= 4 is 44.0 Å². The van der Waals surface area contributed by atoms with E-state index >= 15 is 0 Å². The van der Waals surface area contributed by atoms with Crippen molar-refractivity contribution in [3.63, 3.8) is 0 Å². The molecule has 0 bridgehead atoms. The second-order valence-electron chi connectivity index (χ2n) is 6.11. The van der Waals surface area contributed by atoms with Crippen molar-refractivity contribution in [3.8, 4) is 5.75 Å². The molecule has 0 aliphatic rings. The maximum Gasteiger partial charge on any atom is 0.230 e. The fraction of sp³-hybridized carbons (Fsp3) is 0.200. The second-order valence-corrected chi connectivity index (χ2v) is 7.86. The minimum absolute atomic E-state index is 0.119. The number of thiazole rings is 1. The van der Waals surface area contributed by atoms with E-state index in [1.165, 1.54) is 24.3 Å². The second kappa shape index (κ2) is 8.19. The summed E-state index contributed by atoms with van der Waals surface area (Å²) in [6, 6.07) is 10.5. The first-order valence-corrected chi connectivity index (χ1v) is 9.92. The SMILES string of the molecule is CC(=O)N(c1ccc(C)c(C)c1)c1nc(COc2ccc(Br)cc2F)cs1. The van der Waals surface area contributed by atoms with Gasteiger partial charge in [0.25, 0.3) is 0 Å². The lowest BCUT2D eigenvalue weighted by atomic mass is 10.1. The number of rotatable bonds is 5. The van der Waals surface area contributed by atoms with Gasteiger partial charge in [-0.1, -0.05) is 22.0 Å². The van der Waals surface area contributed by atoms with Crippen molar-refractivity contribution in [3.05, 3.63) is 68.9 Å². The Hall–Kier alpha value is -2.25. The Balaban J connectivity index is 1.79. The number of anilines is 2. The van der Waals surface area contributed by atoms with Crippen molar-refractivity contribution in [2.45, 2.75) is 27.4 Å². The quantitative estimate of drug-likeness (QED) is 0.485. The Morgan fingerprint density at radius 1 is 1.22 bits per heavy atom. The number of aromatic nitrogens is 1. The normalized spacial score (nSPS) is 10.7. The van der Waals surface area contributed by atoms with Crippen LogP contribution in [0.1, 0.15) is 23.7 Å². The van der Waals surface area contributed by atoms with Crippen LogP contribution >= 0.6 is 27.3 Å². The summed E-state index contributed by atoms with van der Waals surface area (Å²) in [5, 5.41) is 2.36. The first-order chi connectivity index (χ1) is 12.8. The molecule has 0 spiro atoms. The third-order valence-corrected chi connectivity index (χ3v) is 5.43. The molecule has 1 aromatic heterocycles. The number of aryl methyl sites for hydroxylation is 2. The van der Waals surface area contributed by atoms with Crippen molar-refractivity contribution in [2.24, 2.45) is 0 Å². The van der Waals surface area contributed by atoms with Crippen LogP contribution in [0.5, 0.6) is 5.75 Å². The molecule has 0 atom stereocenters. The minimum Gasteiger partial charge on any atom is -0.484 e. The maximum absolute atomic E-state index is 13.9. The lowest BCUT2D eigenvalue weighted by Gasteiger charge is -2.19. The van der Waals surface area contributed by atoms with E-state index in [2.05, 4.69) is 20.9 Å². The molecule has 27 heavy (non-hydrogen) atoms. The zero-order valence-electron chi connectivity index (χ0n) is 15.1. The molecular formula is C20H18BrFN2O2S. The standard InChI is InChI=1S/C20H18BrFN2O2S/c1-12-4-6-17(8-13(12)2)24(14(3)25)20-23-16(11-27-20)10-26-19-7-5-15(21)9-18(19)22/h4-9,11H,10H2,1-3H3. The van der Waals surface area contributed by atoms with Gasteiger partial charge >= 0.3 is 0 Å². The summed E-state index contributed by atoms with van der Waals surface area (Å²) < 4.78 is 20.0. The van der Waals surface area contributed by atoms with Crippen molar-refractivity contribution in [1.82, 2.24) is 4.98 Å². The average Bonchev–Trinajstić information content (AvgIpc) is 3.05. The zero-order chi connectivity index (χ0) is 19.6. The number of hydrogen-bond donors (Lipinski definition) is 0. The molecule has 0 aliphatic heterocycles. The molecular weight excluding hydrogens is 431 g/mol. The Morgan fingerprint density at radius 3 is 2.67 bits per heavy atom. The van der Waals surface area contributed by atoms with Gasteiger partial charge < -0.3 is 4.74 Å². The third-order valence-electron chi connectivity index (χ3n) is 4.06. The summed E-state index contributed by atoms with van der Waals surface area (Å²) in [5.74, 6) is -0.412. The van der Waals surface area contributed by atoms with Gasteiger partial charge in [0, 0.05) is 16.8 Å². The zero-order valence-corrected chi connectivity index (χ0v) is 17.5. The molecule has 0 aliphatic carbocycles. The predicted octanol–water partition coefficient (Wildman–Crippen LogP) is 5.93. The molecule has 7 heteroatoms. The van der Waals surface area contributed by atoms with Crippen LogP contribution in [0, 0.1) is 19.7 Å². The molecule has 0 fully saturated rings. The van der Waals surface area contributed by atoms with E-state index in [9.17, 15) is 9.18 Å². The Bertz CT molecular complexity index is 990. The number of hydrogen-bond acceptors (Lipinski definition) is 4. The van der Waals surface area contributed by atoms with E-state index in [0.29, 0.717) is 15.3 Å². The van der Waals surface area contributed by atoms with Crippen LogP contribution in [0.2, 0.25) is 0 Å². The lowest BCUT2D eigenvalue weighted by Crippen LogP contribution is -2.22. The molecule has 0 radical (unpaired) electrons. The monoisotopic (exact) mass is 448 g/mol. The van der Waals surface area contributed by atoms with Gasteiger partial charge in [0.2, 0.25) is 5.91 Å². The molecule has 3 rings (SSSR count). The van der Waals surface area contributed by atoms with Crippen LogP contribution in [0.4, 0.5) is 15.2 Å². The third kappa shape index (κ3) is 4.54. The van der Waals surface area contributed by atoms with Crippen LogP contribution < -0.4 is 9.64 Å². The molecule has 0 saturated heterocycles. The maximum atomic E-state index is 13.9. The number of nitrogens with zero attached hydrogens (tertiary/aromatic N) is 2. The predicted molar refractivity (Wildman–Crippen MR) is 109 cm³/mol. The van der Waals surface area contributed by atoms with Gasteiger partial charge in [-0.25, -0.2) is 9.37 Å². The number of carbonyl (C=O) groups excluding carboxylic acids is 1. The van der Waals surface area contributed by atoms with E-state index in [-0.39, 0.29) is 18.3 Å². The van der Waals surface area contributed by atoms with Crippen LogP contribution in [-0.4, -0.2) is 10.9 Å². The van der Waals surface area contributed by atoms with E-state index in [1.54, 1.807) is 17.0 Å². The van der Waals surface area contributed by atoms with E-state index < -0.39 is 5.82 Å². The molecule has 2 aromatic carbocycles. The summed E-state index contributed by atoms with van der Waals surface area (Å²) in [4.78, 5) is 18.3. The Labute approximate surface area is 169 Å². The van der Waals surface area contributed by atoms with Gasteiger partial charge in [-0.2, -0.15) is 0 Å². The highest BCUT2D eigenvalue weighted by Crippen LogP contribution is 2.31. The molecule has 0 N–H and O–H groups in total. The largest absolute Gasteiger partial charge is 0.484 e. The van der Waals surface area contributed by atoms with Gasteiger partial charge in [0.15, 0.2) is 16.7 Å². The number of benzene rings is 2. The van der Waals surface area contributed by atoms with Gasteiger partial charge in [0.05, 0.1) is 11.4 Å². The van der Waals surface area contributed by atoms with Crippen molar-refractivity contribution in [1.29, 1.82) is 0 Å². The van der Waals surface area contributed by atoms with Crippen LogP contribution in [-0.2, 0) is 11.4 Å². The van der Waals surface area contributed by atoms with Gasteiger partial charge in [0.1, 0.15) is 6.61 Å². The molecule has 0 unspecified atom stereocenters. The van der Waals surface area contributed by atoms with Gasteiger partial charge in [-0.3, -0.25) is 9.69 Å². The first kappa shape index (κ1) is 19.5. The first-order valence-electron chi connectivity index (χ1n) is 8.25. The minimum atomic E-state index is -0.444. The average molecular weight is 449 g/mol. The van der Waals surface area contributed by atoms with Crippen LogP contribution in [0.25, 0.3) is 0 Å². The molecule has 1 heterocycles. The van der Waals surface area contributed by atoms with Gasteiger partial charge in [-0.05, 0) is 55.3 Å². The summed E-state index contributed by atoms with van der Waals surface area (Å²) in [7, 11) is 0. The smallest absolute Gasteiger partial charge is 0.230 e. The Morgan fingerprint density at radius 2 is 2.00 bits per heavy atom. The number of ether oxygens (including phenoxy) is 1. The highest BCUT2D eigenvalue weighted by molar-refractivity contribution is 9.10. The highest BCUT2D eigenvalue weighted by Gasteiger charge is 2.18. The van der Waals surface area contributed by atoms with E-state index in [0.717, 1.165) is 16.8 Å². The summed E-state index contributed by atoms with van der Waals surface area (Å²) in [6.07, 6.45) is 0.